The van der Waals surface area contributed by atoms with E-state index >= 15 is 0 Å². The molecule has 7 rings (SSSR count). The molecule has 2 aromatic heterocycles. The topological polar surface area (TPSA) is 171 Å². The Kier molecular flexibility index (Phi) is 11.6. The largest absolute Gasteiger partial charge is 0.496 e. The van der Waals surface area contributed by atoms with E-state index in [2.05, 4.69) is 54.8 Å². The minimum absolute atomic E-state index is 0.153. The van der Waals surface area contributed by atoms with Crippen LogP contribution in [0.5, 0.6) is 5.75 Å². The number of rotatable bonds is 9. The highest BCUT2D eigenvalue weighted by Gasteiger charge is 2.28. The van der Waals surface area contributed by atoms with Gasteiger partial charge in [-0.1, -0.05) is 44.2 Å². The van der Waals surface area contributed by atoms with Gasteiger partial charge in [-0.15, -0.1) is 0 Å². The van der Waals surface area contributed by atoms with Gasteiger partial charge in [0.2, 0.25) is 11.8 Å². The first-order valence-corrected chi connectivity index (χ1v) is 17.8. The summed E-state index contributed by atoms with van der Waals surface area (Å²) in [7, 11) is 1.45. The van der Waals surface area contributed by atoms with Gasteiger partial charge in [0.05, 0.1) is 24.8 Å². The van der Waals surface area contributed by atoms with Crippen molar-refractivity contribution < 1.29 is 19.1 Å². The monoisotopic (exact) mass is 693 g/mol. The Bertz CT molecular complexity index is 1840. The van der Waals surface area contributed by atoms with Crippen LogP contribution in [0.2, 0.25) is 0 Å². The fraction of sp³-hybridized carbons (Fsp3) is 0.421. The lowest BCUT2D eigenvalue weighted by Gasteiger charge is -2.37. The van der Waals surface area contributed by atoms with Crippen LogP contribution in [-0.2, 0) is 9.59 Å². The number of methoxy groups -OCH3 is 1. The number of ether oxygens (including phenoxy) is 1. The molecule has 13 heteroatoms. The van der Waals surface area contributed by atoms with Crippen LogP contribution >= 0.6 is 0 Å². The van der Waals surface area contributed by atoms with E-state index in [-0.39, 0.29) is 23.3 Å². The lowest BCUT2D eigenvalue weighted by Crippen LogP contribution is -2.47. The van der Waals surface area contributed by atoms with Crippen molar-refractivity contribution in [2.45, 2.75) is 57.3 Å². The first kappa shape index (κ1) is 35.5. The minimum Gasteiger partial charge on any atom is -0.496 e. The van der Waals surface area contributed by atoms with Crippen LogP contribution in [0.25, 0.3) is 5.65 Å². The lowest BCUT2D eigenvalue weighted by molar-refractivity contribution is -0.134. The van der Waals surface area contributed by atoms with Gasteiger partial charge in [-0.25, -0.2) is 4.98 Å². The number of benzene rings is 2. The molecule has 1 atom stereocenters. The molecule has 2 aromatic carbocycles. The van der Waals surface area contributed by atoms with Crippen molar-refractivity contribution in [1.29, 1.82) is 5.41 Å². The summed E-state index contributed by atoms with van der Waals surface area (Å²) in [6.07, 6.45) is 13.8. The van der Waals surface area contributed by atoms with E-state index in [4.69, 9.17) is 15.9 Å². The Hall–Kier alpha value is -5.30. The van der Waals surface area contributed by atoms with Gasteiger partial charge in [-0.05, 0) is 61.2 Å². The van der Waals surface area contributed by atoms with Crippen molar-refractivity contribution in [3.05, 3.63) is 77.6 Å². The van der Waals surface area contributed by atoms with Crippen LogP contribution in [0.4, 0.5) is 17.2 Å². The van der Waals surface area contributed by atoms with Gasteiger partial charge >= 0.3 is 0 Å². The molecule has 3 amide bonds. The van der Waals surface area contributed by atoms with Gasteiger partial charge in [0.25, 0.3) is 5.91 Å². The first-order chi connectivity index (χ1) is 24.8. The molecule has 51 heavy (non-hydrogen) atoms. The number of imide groups is 1. The number of anilines is 3. The van der Waals surface area contributed by atoms with Gasteiger partial charge in [0.1, 0.15) is 5.75 Å². The molecule has 3 aliphatic rings. The number of fused-ring (bicyclic) bond motifs is 1. The number of carbonyl (C=O) groups is 3. The number of piperidine rings is 1. The highest BCUT2D eigenvalue weighted by atomic mass is 16.5. The van der Waals surface area contributed by atoms with Crippen molar-refractivity contribution in [2.75, 3.05) is 55.8 Å². The summed E-state index contributed by atoms with van der Waals surface area (Å²) < 4.78 is 6.71. The van der Waals surface area contributed by atoms with Crippen LogP contribution in [0.15, 0.2) is 60.9 Å². The smallest absolute Gasteiger partial charge is 0.260 e. The Labute approximate surface area is 298 Å². The van der Waals surface area contributed by atoms with E-state index in [1.165, 1.54) is 80.7 Å². The third-order valence-corrected chi connectivity index (χ3v) is 10.2. The third-order valence-electron chi connectivity index (χ3n) is 10.2. The molecule has 13 nitrogen and oxygen atoms in total. The van der Waals surface area contributed by atoms with Gasteiger partial charge < -0.3 is 26.1 Å². The fourth-order valence-electron chi connectivity index (χ4n) is 7.18. The zero-order chi connectivity index (χ0) is 35.7. The maximum Gasteiger partial charge on any atom is 0.260 e. The predicted octanol–water partition coefficient (Wildman–Crippen LogP) is 4.87. The number of nitrogens with zero attached hydrogens (tertiary/aromatic N) is 5. The standard InChI is InChI=1S/C23H33N3O2.C15H14N6O2/c27-22-11-10-21(23(28)24-22)19-6-8-20(9-7-19)26-16-14-25(15-17-26)13-12-18-4-2-1-3-5-18;1-23-12-6-11(17)9(7-16)5-10(12)15(22)20-14-8-18-13-3-2-4-19-21(13)14/h6-9,18,21H,1-5,10-17H2,(H,24,27,28);2-8,16H,17H2,1H3,(H,20,22). The van der Waals surface area contributed by atoms with Crippen LogP contribution in [-0.4, -0.2) is 83.3 Å². The highest BCUT2D eigenvalue weighted by molar-refractivity contribution is 6.07. The maximum atomic E-state index is 12.5. The molecule has 0 bridgehead atoms. The molecule has 3 fully saturated rings. The number of aromatic nitrogens is 3. The Morgan fingerprint density at radius 2 is 1.82 bits per heavy atom. The Morgan fingerprint density at radius 3 is 2.53 bits per heavy atom. The number of piperazine rings is 1. The average molecular weight is 694 g/mol. The van der Waals surface area contributed by atoms with Gasteiger partial charge in [-0.3, -0.25) is 24.6 Å². The number of hydrogen-bond donors (Lipinski definition) is 4. The molecule has 2 aliphatic heterocycles. The molecule has 1 aliphatic carbocycles. The second kappa shape index (κ2) is 16.6. The normalized spacial score (nSPS) is 18.5. The van der Waals surface area contributed by atoms with E-state index in [1.807, 2.05) is 0 Å². The SMILES string of the molecule is COc1cc(N)c(C=N)cc1C(=O)Nc1cnc2cccnn12.O=C1CCC(c2ccc(N3CCN(CCC4CCCCC4)CC3)cc2)C(=O)N1. The van der Waals surface area contributed by atoms with Crippen LogP contribution < -0.4 is 26.0 Å². The predicted molar refractivity (Wildman–Crippen MR) is 198 cm³/mol. The van der Waals surface area contributed by atoms with Crippen molar-refractivity contribution in [2.24, 2.45) is 5.92 Å². The molecule has 0 spiro atoms. The van der Waals surface area contributed by atoms with Crippen LogP contribution in [0.1, 0.15) is 78.8 Å². The van der Waals surface area contributed by atoms with Crippen molar-refractivity contribution >= 4 is 46.8 Å². The molecular formula is C38H47N9O4. The van der Waals surface area contributed by atoms with E-state index < -0.39 is 5.91 Å². The summed E-state index contributed by atoms with van der Waals surface area (Å²) in [6, 6.07) is 14.9. The van der Waals surface area contributed by atoms with Crippen molar-refractivity contribution in [3.8, 4) is 5.75 Å². The number of hydrogen-bond acceptors (Lipinski definition) is 10. The molecular weight excluding hydrogens is 646 g/mol. The van der Waals surface area contributed by atoms with Gasteiger partial charge in [0, 0.05) is 68.0 Å². The molecule has 2 saturated heterocycles. The Balaban J connectivity index is 0.000000179. The van der Waals surface area contributed by atoms with Gasteiger partial charge in [-0.2, -0.15) is 9.61 Å². The number of imidazole rings is 1. The van der Waals surface area contributed by atoms with Gasteiger partial charge in [0.15, 0.2) is 11.5 Å². The molecule has 4 heterocycles. The molecule has 0 radical (unpaired) electrons. The summed E-state index contributed by atoms with van der Waals surface area (Å²) in [6.45, 7) is 5.68. The summed E-state index contributed by atoms with van der Waals surface area (Å²) in [4.78, 5) is 45.2. The van der Waals surface area contributed by atoms with E-state index in [0.717, 1.165) is 43.9 Å². The molecule has 4 aromatic rings. The minimum atomic E-state index is -0.405. The average Bonchev–Trinajstić information content (AvgIpc) is 3.57. The van der Waals surface area contributed by atoms with Crippen LogP contribution in [0.3, 0.4) is 0 Å². The van der Waals surface area contributed by atoms with Crippen molar-refractivity contribution in [1.82, 2.24) is 24.8 Å². The number of nitrogens with two attached hydrogens (primary N) is 1. The molecule has 1 saturated carbocycles. The second-order valence-corrected chi connectivity index (χ2v) is 13.4. The first-order valence-electron chi connectivity index (χ1n) is 17.8. The number of amides is 3. The molecule has 268 valence electrons. The molecule has 5 N–H and O–H groups in total. The number of nitrogen functional groups attached to an aromatic ring is 1. The van der Waals surface area contributed by atoms with Crippen molar-refractivity contribution in [3.63, 3.8) is 0 Å². The van der Waals surface area contributed by atoms with E-state index in [1.54, 1.807) is 18.3 Å². The summed E-state index contributed by atoms with van der Waals surface area (Å²) in [5.74, 6) is 0.815. The van der Waals surface area contributed by atoms with E-state index in [9.17, 15) is 14.4 Å². The number of carbonyl (C=O) groups excluding carboxylic acids is 3. The summed E-state index contributed by atoms with van der Waals surface area (Å²) >= 11 is 0. The maximum absolute atomic E-state index is 12.5. The lowest BCUT2D eigenvalue weighted by atomic mass is 9.87. The van der Waals surface area contributed by atoms with E-state index in [0.29, 0.717) is 41.3 Å². The molecule has 1 unspecified atom stereocenters. The summed E-state index contributed by atoms with van der Waals surface area (Å²) in [5.41, 5.74) is 9.74. The quantitative estimate of drug-likeness (QED) is 0.109. The summed E-state index contributed by atoms with van der Waals surface area (Å²) in [5, 5.41) is 16.7. The zero-order valence-electron chi connectivity index (χ0n) is 29.1. The second-order valence-electron chi connectivity index (χ2n) is 13.4. The Morgan fingerprint density at radius 1 is 1.06 bits per heavy atom. The zero-order valence-corrected chi connectivity index (χ0v) is 29.1. The van der Waals surface area contributed by atoms with Crippen LogP contribution in [0, 0.1) is 11.3 Å². The fourth-order valence-corrected chi connectivity index (χ4v) is 7.18. The highest BCUT2D eigenvalue weighted by Crippen LogP contribution is 2.29. The third kappa shape index (κ3) is 8.72. The number of nitrogens with one attached hydrogen (secondary N) is 3.